The average molecular weight is 407 g/mol. The Balaban J connectivity index is 1.95. The summed E-state index contributed by atoms with van der Waals surface area (Å²) in [7, 11) is 3.84. The van der Waals surface area contributed by atoms with Crippen LogP contribution in [0.1, 0.15) is 23.1 Å². The first-order chi connectivity index (χ1) is 14.3. The zero-order valence-corrected chi connectivity index (χ0v) is 17.7. The van der Waals surface area contributed by atoms with Crippen molar-refractivity contribution in [2.45, 2.75) is 13.3 Å². The lowest BCUT2D eigenvalue weighted by atomic mass is 9.93. The summed E-state index contributed by atoms with van der Waals surface area (Å²) in [6.07, 6.45) is 3.91. The number of amides is 1. The van der Waals surface area contributed by atoms with Crippen LogP contribution in [-0.4, -0.2) is 55.2 Å². The molecule has 0 bridgehead atoms. The number of carbonyl (C=O) groups is 2. The van der Waals surface area contributed by atoms with Gasteiger partial charge in [-0.3, -0.25) is 9.59 Å². The number of piperidine rings is 1. The van der Waals surface area contributed by atoms with E-state index in [1.807, 2.05) is 56.3 Å². The summed E-state index contributed by atoms with van der Waals surface area (Å²) in [6.45, 7) is 3.15. The van der Waals surface area contributed by atoms with E-state index in [0.717, 1.165) is 11.1 Å². The summed E-state index contributed by atoms with van der Waals surface area (Å²) in [5.41, 5.74) is 3.68. The van der Waals surface area contributed by atoms with E-state index in [0.29, 0.717) is 29.7 Å². The van der Waals surface area contributed by atoms with Gasteiger partial charge in [-0.15, -0.1) is 0 Å². The van der Waals surface area contributed by atoms with Crippen LogP contribution in [0.5, 0.6) is 0 Å². The summed E-state index contributed by atoms with van der Waals surface area (Å²) in [5, 5.41) is 0. The summed E-state index contributed by atoms with van der Waals surface area (Å²) >= 11 is 0. The number of rotatable bonds is 5. The van der Waals surface area contributed by atoms with E-state index in [-0.39, 0.29) is 30.6 Å². The number of likely N-dealkylation sites (tertiary alicyclic amines) is 1. The fourth-order valence-corrected chi connectivity index (χ4v) is 3.45. The topological polar surface area (TPSA) is 40.6 Å². The molecule has 5 heteroatoms. The van der Waals surface area contributed by atoms with Gasteiger partial charge < -0.3 is 9.80 Å². The molecule has 0 unspecified atom stereocenters. The molecule has 1 amide bonds. The largest absolute Gasteiger partial charge is 0.334 e. The molecule has 0 saturated carbocycles. The molecule has 0 atom stereocenters. The Kier molecular flexibility index (Phi) is 6.95. The number of benzene rings is 2. The third kappa shape index (κ3) is 5.74. The molecule has 2 aromatic carbocycles. The highest BCUT2D eigenvalue weighted by molar-refractivity contribution is 6.15. The van der Waals surface area contributed by atoms with E-state index in [9.17, 15) is 14.0 Å². The molecule has 4 nitrogen and oxygen atoms in total. The number of aryl methyl sites for hydroxylation is 1. The van der Waals surface area contributed by atoms with Crippen LogP contribution >= 0.6 is 0 Å². The number of carbonyl (C=O) groups excluding carboxylic acids is 2. The van der Waals surface area contributed by atoms with Crippen molar-refractivity contribution in [2.24, 2.45) is 0 Å². The van der Waals surface area contributed by atoms with Gasteiger partial charge in [0.05, 0.1) is 0 Å². The van der Waals surface area contributed by atoms with Crippen LogP contribution in [0.4, 0.5) is 4.39 Å². The second-order valence-electron chi connectivity index (χ2n) is 7.94. The van der Waals surface area contributed by atoms with Crippen LogP contribution < -0.4 is 0 Å². The fourth-order valence-electron chi connectivity index (χ4n) is 3.45. The molecular weight excluding hydrogens is 379 g/mol. The minimum Gasteiger partial charge on any atom is -0.334 e. The van der Waals surface area contributed by atoms with Gasteiger partial charge >= 0.3 is 0 Å². The van der Waals surface area contributed by atoms with Gasteiger partial charge in [-0.2, -0.15) is 0 Å². The van der Waals surface area contributed by atoms with Gasteiger partial charge in [0.1, 0.15) is 5.82 Å². The van der Waals surface area contributed by atoms with E-state index >= 15 is 0 Å². The monoisotopic (exact) mass is 406 g/mol. The van der Waals surface area contributed by atoms with Gasteiger partial charge in [-0.1, -0.05) is 42.0 Å². The Morgan fingerprint density at radius 1 is 1.03 bits per heavy atom. The molecule has 0 aliphatic carbocycles. The van der Waals surface area contributed by atoms with Crippen molar-refractivity contribution in [3.05, 3.63) is 82.2 Å². The molecule has 2 aromatic rings. The SMILES string of the molecule is Cc1cccc(/C=C2\CN(C(=O)CCN(C)C)C/C(=C\c3cccc(F)c3)C2=O)c1. The van der Waals surface area contributed by atoms with Crippen molar-refractivity contribution < 1.29 is 14.0 Å². The molecule has 30 heavy (non-hydrogen) atoms. The molecule has 0 aromatic heterocycles. The van der Waals surface area contributed by atoms with Crippen LogP contribution in [0.15, 0.2) is 59.7 Å². The first kappa shape index (κ1) is 21.7. The van der Waals surface area contributed by atoms with Gasteiger partial charge in [0.25, 0.3) is 0 Å². The first-order valence-electron chi connectivity index (χ1n) is 10.0. The third-order valence-corrected chi connectivity index (χ3v) is 5.00. The molecule has 0 radical (unpaired) electrons. The minimum atomic E-state index is -0.359. The predicted octanol–water partition coefficient (Wildman–Crippen LogP) is 3.96. The predicted molar refractivity (Wildman–Crippen MR) is 118 cm³/mol. The maximum absolute atomic E-state index is 13.6. The van der Waals surface area contributed by atoms with Crippen molar-refractivity contribution in [1.82, 2.24) is 9.80 Å². The van der Waals surface area contributed by atoms with Crippen LogP contribution in [0.3, 0.4) is 0 Å². The number of Topliss-reactive ketones (excluding diaryl/α,β-unsaturated/α-hetero) is 1. The molecule has 1 aliphatic rings. The zero-order valence-electron chi connectivity index (χ0n) is 17.7. The van der Waals surface area contributed by atoms with Crippen molar-refractivity contribution >= 4 is 23.8 Å². The van der Waals surface area contributed by atoms with Crippen molar-refractivity contribution in [2.75, 3.05) is 33.7 Å². The summed E-state index contributed by atoms with van der Waals surface area (Å²) in [6, 6.07) is 14.0. The van der Waals surface area contributed by atoms with Gasteiger partial charge in [-0.05, 0) is 56.4 Å². The molecule has 1 saturated heterocycles. The van der Waals surface area contributed by atoms with Crippen LogP contribution in [0, 0.1) is 12.7 Å². The number of hydrogen-bond acceptors (Lipinski definition) is 3. The molecule has 0 spiro atoms. The Labute approximate surface area is 177 Å². The maximum Gasteiger partial charge on any atom is 0.224 e. The molecule has 1 heterocycles. The van der Waals surface area contributed by atoms with E-state index in [1.54, 1.807) is 23.1 Å². The lowest BCUT2D eigenvalue weighted by Gasteiger charge is -2.30. The standard InChI is InChI=1S/C25H27FN2O2/c1-18-6-4-7-19(12-18)13-21-16-28(24(29)10-11-27(2)3)17-22(25(21)30)14-20-8-5-9-23(26)15-20/h4-9,12-15H,10-11,16-17H2,1-3H3/b21-13+,22-14+. The molecule has 156 valence electrons. The highest BCUT2D eigenvalue weighted by Crippen LogP contribution is 2.23. The lowest BCUT2D eigenvalue weighted by Crippen LogP contribution is -2.42. The summed E-state index contributed by atoms with van der Waals surface area (Å²) < 4.78 is 13.6. The molecule has 3 rings (SSSR count). The fraction of sp³-hybridized carbons (Fsp3) is 0.280. The Morgan fingerprint density at radius 2 is 1.63 bits per heavy atom. The summed E-state index contributed by atoms with van der Waals surface area (Å²) in [5.74, 6) is -0.462. The van der Waals surface area contributed by atoms with E-state index in [1.165, 1.54) is 12.1 Å². The van der Waals surface area contributed by atoms with E-state index in [4.69, 9.17) is 0 Å². The summed E-state index contributed by atoms with van der Waals surface area (Å²) in [4.78, 5) is 29.6. The number of halogens is 1. The maximum atomic E-state index is 13.6. The number of hydrogen-bond donors (Lipinski definition) is 0. The molecule has 0 N–H and O–H groups in total. The van der Waals surface area contributed by atoms with Gasteiger partial charge in [0.15, 0.2) is 5.78 Å². The lowest BCUT2D eigenvalue weighted by molar-refractivity contribution is -0.131. The van der Waals surface area contributed by atoms with E-state index in [2.05, 4.69) is 0 Å². The number of ketones is 1. The normalized spacial score (nSPS) is 17.2. The minimum absolute atomic E-state index is 0.00326. The van der Waals surface area contributed by atoms with Crippen LogP contribution in [-0.2, 0) is 9.59 Å². The highest BCUT2D eigenvalue weighted by atomic mass is 19.1. The van der Waals surface area contributed by atoms with Crippen molar-refractivity contribution in [3.8, 4) is 0 Å². The quantitative estimate of drug-likeness (QED) is 0.706. The molecule has 1 aliphatic heterocycles. The van der Waals surface area contributed by atoms with Crippen LogP contribution in [0.25, 0.3) is 12.2 Å². The first-order valence-corrected chi connectivity index (χ1v) is 10.0. The van der Waals surface area contributed by atoms with Gasteiger partial charge in [-0.25, -0.2) is 4.39 Å². The van der Waals surface area contributed by atoms with Gasteiger partial charge in [0.2, 0.25) is 5.91 Å². The number of nitrogens with zero attached hydrogens (tertiary/aromatic N) is 2. The Morgan fingerprint density at radius 3 is 2.20 bits per heavy atom. The van der Waals surface area contributed by atoms with Crippen molar-refractivity contribution in [1.29, 1.82) is 0 Å². The third-order valence-electron chi connectivity index (χ3n) is 5.00. The Bertz CT molecular complexity index is 940. The van der Waals surface area contributed by atoms with Crippen molar-refractivity contribution in [3.63, 3.8) is 0 Å². The zero-order chi connectivity index (χ0) is 21.7. The second-order valence-corrected chi connectivity index (χ2v) is 7.94. The smallest absolute Gasteiger partial charge is 0.224 e. The molecule has 1 fully saturated rings. The second kappa shape index (κ2) is 9.63. The van der Waals surface area contributed by atoms with Crippen LogP contribution in [0.2, 0.25) is 0 Å². The highest BCUT2D eigenvalue weighted by Gasteiger charge is 2.28. The Hall–Kier alpha value is -3.05. The molecular formula is C25H27FN2O2. The average Bonchev–Trinajstić information content (AvgIpc) is 2.69. The van der Waals surface area contributed by atoms with Gasteiger partial charge in [0, 0.05) is 37.2 Å². The van der Waals surface area contributed by atoms with E-state index < -0.39 is 0 Å².